The minimum Gasteiger partial charge on any atom is -0.309 e. The van der Waals surface area contributed by atoms with Gasteiger partial charge in [0.2, 0.25) is 5.91 Å². The van der Waals surface area contributed by atoms with Gasteiger partial charge in [-0.1, -0.05) is 42.5 Å². The molecule has 0 saturated carbocycles. The van der Waals surface area contributed by atoms with Crippen molar-refractivity contribution in [3.63, 3.8) is 0 Å². The Balaban J connectivity index is 1.85. The molecule has 0 unspecified atom stereocenters. The minimum atomic E-state index is -3.16. The topological polar surface area (TPSA) is 54.5 Å². The molecule has 0 saturated heterocycles. The highest BCUT2D eigenvalue weighted by atomic mass is 32.2. The molecule has 0 heterocycles. The standard InChI is InChI=1S/C19H21NO3S/c1-24(22,23)12-11-19(21)20(17-9-3-2-4-10-17)18-13-15-7-5-6-8-16(15)14-18/h2-10,18H,11-14H2,1H3. The fourth-order valence-electron chi connectivity index (χ4n) is 3.26. The van der Waals surface area contributed by atoms with Crippen LogP contribution in [0.15, 0.2) is 54.6 Å². The highest BCUT2D eigenvalue weighted by Gasteiger charge is 2.31. The number of amides is 1. The molecule has 0 fully saturated rings. The summed E-state index contributed by atoms with van der Waals surface area (Å²) in [5.74, 6) is -0.251. The van der Waals surface area contributed by atoms with Crippen LogP contribution in [-0.2, 0) is 27.5 Å². The van der Waals surface area contributed by atoms with Gasteiger partial charge in [0.05, 0.1) is 5.75 Å². The molecule has 0 aliphatic heterocycles. The Bertz CT molecular complexity index is 806. The van der Waals surface area contributed by atoms with Gasteiger partial charge in [-0.15, -0.1) is 0 Å². The van der Waals surface area contributed by atoms with Crippen LogP contribution in [0, 0.1) is 0 Å². The molecule has 0 N–H and O–H groups in total. The first-order chi connectivity index (χ1) is 11.4. The lowest BCUT2D eigenvalue weighted by molar-refractivity contribution is -0.118. The van der Waals surface area contributed by atoms with Gasteiger partial charge in [-0.05, 0) is 36.1 Å². The molecular weight excluding hydrogens is 322 g/mol. The Labute approximate surface area is 143 Å². The van der Waals surface area contributed by atoms with E-state index in [1.165, 1.54) is 17.4 Å². The molecule has 1 aliphatic rings. The zero-order chi connectivity index (χ0) is 17.2. The summed E-state index contributed by atoms with van der Waals surface area (Å²) >= 11 is 0. The molecule has 2 aromatic rings. The number of carbonyl (C=O) groups excluding carboxylic acids is 1. The molecule has 0 atom stereocenters. The van der Waals surface area contributed by atoms with Gasteiger partial charge in [0, 0.05) is 24.4 Å². The van der Waals surface area contributed by atoms with Gasteiger partial charge in [-0.25, -0.2) is 8.42 Å². The highest BCUT2D eigenvalue weighted by Crippen LogP contribution is 2.29. The van der Waals surface area contributed by atoms with Crippen molar-refractivity contribution >= 4 is 21.4 Å². The molecular formula is C19H21NO3S. The van der Waals surface area contributed by atoms with Crippen molar-refractivity contribution < 1.29 is 13.2 Å². The predicted molar refractivity (Wildman–Crippen MR) is 95.9 cm³/mol. The third kappa shape index (κ3) is 3.85. The number of rotatable bonds is 5. The first-order valence-corrected chi connectivity index (χ1v) is 10.1. The third-order valence-electron chi connectivity index (χ3n) is 4.38. The lowest BCUT2D eigenvalue weighted by atomic mass is 10.1. The van der Waals surface area contributed by atoms with Crippen LogP contribution in [0.1, 0.15) is 17.5 Å². The van der Waals surface area contributed by atoms with E-state index in [4.69, 9.17) is 0 Å². The quantitative estimate of drug-likeness (QED) is 0.838. The summed E-state index contributed by atoms with van der Waals surface area (Å²) in [6.07, 6.45) is 2.78. The van der Waals surface area contributed by atoms with Gasteiger partial charge in [0.1, 0.15) is 9.84 Å². The Morgan fingerprint density at radius 3 is 2.08 bits per heavy atom. The van der Waals surface area contributed by atoms with Gasteiger partial charge in [-0.3, -0.25) is 4.79 Å². The summed E-state index contributed by atoms with van der Waals surface area (Å²) in [5, 5.41) is 0. The van der Waals surface area contributed by atoms with Crippen molar-refractivity contribution in [2.75, 3.05) is 16.9 Å². The molecule has 4 nitrogen and oxygen atoms in total. The van der Waals surface area contributed by atoms with Crippen LogP contribution in [0.4, 0.5) is 5.69 Å². The normalized spacial score (nSPS) is 14.4. The average molecular weight is 343 g/mol. The lowest BCUT2D eigenvalue weighted by Gasteiger charge is -2.29. The van der Waals surface area contributed by atoms with Crippen LogP contribution in [0.5, 0.6) is 0 Å². The predicted octanol–water partition coefficient (Wildman–Crippen LogP) is 2.62. The van der Waals surface area contributed by atoms with Crippen LogP contribution in [0.25, 0.3) is 0 Å². The molecule has 3 rings (SSSR count). The summed E-state index contributed by atoms with van der Waals surface area (Å²) in [6, 6.07) is 17.8. The number of carbonyl (C=O) groups is 1. The summed E-state index contributed by atoms with van der Waals surface area (Å²) in [6.45, 7) is 0. The van der Waals surface area contributed by atoms with Crippen molar-refractivity contribution in [1.82, 2.24) is 0 Å². The van der Waals surface area contributed by atoms with E-state index in [0.717, 1.165) is 18.5 Å². The van der Waals surface area contributed by atoms with E-state index in [2.05, 4.69) is 12.1 Å². The summed E-state index contributed by atoms with van der Waals surface area (Å²) in [5.41, 5.74) is 3.35. The SMILES string of the molecule is CS(=O)(=O)CCC(=O)N(c1ccccc1)C1Cc2ccccc2C1. The summed E-state index contributed by atoms with van der Waals surface area (Å²) in [7, 11) is -3.16. The first-order valence-electron chi connectivity index (χ1n) is 8.05. The molecule has 0 aromatic heterocycles. The van der Waals surface area contributed by atoms with Crippen LogP contribution in [-0.4, -0.2) is 32.4 Å². The van der Waals surface area contributed by atoms with Gasteiger partial charge in [0.25, 0.3) is 0 Å². The molecule has 0 radical (unpaired) electrons. The van der Waals surface area contributed by atoms with Crippen molar-refractivity contribution in [2.24, 2.45) is 0 Å². The van der Waals surface area contributed by atoms with Crippen molar-refractivity contribution in [1.29, 1.82) is 0 Å². The lowest BCUT2D eigenvalue weighted by Crippen LogP contribution is -2.41. The monoisotopic (exact) mass is 343 g/mol. The van der Waals surface area contributed by atoms with Crippen LogP contribution < -0.4 is 4.90 Å². The van der Waals surface area contributed by atoms with E-state index in [0.29, 0.717) is 0 Å². The molecule has 0 bridgehead atoms. The molecule has 0 spiro atoms. The van der Waals surface area contributed by atoms with Crippen molar-refractivity contribution in [3.8, 4) is 0 Å². The van der Waals surface area contributed by atoms with Gasteiger partial charge < -0.3 is 4.90 Å². The van der Waals surface area contributed by atoms with Gasteiger partial charge >= 0.3 is 0 Å². The molecule has 126 valence electrons. The number of anilines is 1. The minimum absolute atomic E-state index is 0.0145. The number of benzene rings is 2. The van der Waals surface area contributed by atoms with Gasteiger partial charge in [0.15, 0.2) is 0 Å². The second kappa shape index (κ2) is 6.77. The second-order valence-electron chi connectivity index (χ2n) is 6.31. The Morgan fingerprint density at radius 1 is 1.00 bits per heavy atom. The summed E-state index contributed by atoms with van der Waals surface area (Å²) < 4.78 is 22.8. The van der Waals surface area contributed by atoms with Crippen molar-refractivity contribution in [2.45, 2.75) is 25.3 Å². The fourth-order valence-corrected chi connectivity index (χ4v) is 3.80. The van der Waals surface area contributed by atoms with Gasteiger partial charge in [-0.2, -0.15) is 0 Å². The largest absolute Gasteiger partial charge is 0.309 e. The van der Waals surface area contributed by atoms with E-state index in [1.54, 1.807) is 4.90 Å². The second-order valence-corrected chi connectivity index (χ2v) is 8.57. The summed E-state index contributed by atoms with van der Waals surface area (Å²) in [4.78, 5) is 14.6. The maximum Gasteiger partial charge on any atom is 0.228 e. The Hall–Kier alpha value is -2.14. The third-order valence-corrected chi connectivity index (χ3v) is 5.33. The highest BCUT2D eigenvalue weighted by molar-refractivity contribution is 7.90. The average Bonchev–Trinajstić information content (AvgIpc) is 2.97. The van der Waals surface area contributed by atoms with E-state index < -0.39 is 9.84 Å². The number of hydrogen-bond acceptors (Lipinski definition) is 3. The van der Waals surface area contributed by atoms with E-state index in [1.807, 2.05) is 42.5 Å². The first kappa shape index (κ1) is 16.7. The molecule has 1 aliphatic carbocycles. The molecule has 2 aromatic carbocycles. The fraction of sp³-hybridized carbons (Fsp3) is 0.316. The maximum atomic E-state index is 12.8. The van der Waals surface area contributed by atoms with Crippen LogP contribution in [0.3, 0.4) is 0 Å². The van der Waals surface area contributed by atoms with Crippen LogP contribution >= 0.6 is 0 Å². The van der Waals surface area contributed by atoms with Crippen LogP contribution in [0.2, 0.25) is 0 Å². The number of para-hydroxylation sites is 1. The zero-order valence-electron chi connectivity index (χ0n) is 13.7. The van der Waals surface area contributed by atoms with Crippen molar-refractivity contribution in [3.05, 3.63) is 65.7 Å². The Morgan fingerprint density at radius 2 is 1.54 bits per heavy atom. The number of hydrogen-bond donors (Lipinski definition) is 0. The zero-order valence-corrected chi connectivity index (χ0v) is 14.5. The number of sulfone groups is 1. The maximum absolute atomic E-state index is 12.8. The molecule has 24 heavy (non-hydrogen) atoms. The van der Waals surface area contributed by atoms with E-state index >= 15 is 0 Å². The molecule has 5 heteroatoms. The Kier molecular flexibility index (Phi) is 4.71. The smallest absolute Gasteiger partial charge is 0.228 e. The molecule has 1 amide bonds. The number of nitrogens with zero attached hydrogens (tertiary/aromatic N) is 1. The number of fused-ring (bicyclic) bond motifs is 1. The van der Waals surface area contributed by atoms with E-state index in [9.17, 15) is 13.2 Å². The van der Waals surface area contributed by atoms with E-state index in [-0.39, 0.29) is 24.1 Å².